The van der Waals surface area contributed by atoms with Gasteiger partial charge in [-0.3, -0.25) is 4.79 Å². The lowest BCUT2D eigenvalue weighted by molar-refractivity contribution is 0.0950. The fourth-order valence-electron chi connectivity index (χ4n) is 3.08. The van der Waals surface area contributed by atoms with Gasteiger partial charge in [-0.25, -0.2) is 0 Å². The third kappa shape index (κ3) is 5.92. The van der Waals surface area contributed by atoms with Crippen LogP contribution in [0.5, 0.6) is 23.0 Å². The van der Waals surface area contributed by atoms with E-state index in [4.69, 9.17) is 18.9 Å². The van der Waals surface area contributed by atoms with E-state index in [9.17, 15) is 4.79 Å². The molecule has 0 saturated carbocycles. The van der Waals surface area contributed by atoms with E-state index in [1.54, 1.807) is 12.1 Å². The van der Waals surface area contributed by atoms with Crippen LogP contribution in [-0.2, 0) is 13.2 Å². The number of nitrogens with one attached hydrogen (secondary N) is 1. The number of carbonyl (C=O) groups is 1. The Morgan fingerprint density at radius 1 is 0.839 bits per heavy atom. The quantitative estimate of drug-likeness (QED) is 0.518. The van der Waals surface area contributed by atoms with Crippen LogP contribution in [0.1, 0.15) is 28.4 Å². The molecule has 3 rings (SSSR count). The summed E-state index contributed by atoms with van der Waals surface area (Å²) in [6, 6.07) is 20.7. The fraction of sp³-hybridized carbons (Fsp3) is 0.240. The Balaban J connectivity index is 1.73. The Morgan fingerprint density at radius 3 is 2.16 bits per heavy atom. The first-order valence-corrected chi connectivity index (χ1v) is 10.1. The van der Waals surface area contributed by atoms with E-state index in [2.05, 4.69) is 5.32 Å². The normalized spacial score (nSPS) is 10.3. The fourth-order valence-corrected chi connectivity index (χ4v) is 3.08. The van der Waals surface area contributed by atoms with Gasteiger partial charge in [-0.1, -0.05) is 42.5 Å². The topological polar surface area (TPSA) is 66.0 Å². The van der Waals surface area contributed by atoms with Crippen LogP contribution in [0, 0.1) is 0 Å². The largest absolute Gasteiger partial charge is 0.494 e. The van der Waals surface area contributed by atoms with E-state index in [-0.39, 0.29) is 5.91 Å². The van der Waals surface area contributed by atoms with Crippen LogP contribution in [0.25, 0.3) is 0 Å². The Hall–Kier alpha value is -3.67. The SMILES string of the molecule is CCOc1cccc(CNC(=O)c2cc(OC)c(OCc3ccccc3)c(OC)c2)c1. The first-order chi connectivity index (χ1) is 15.1. The zero-order valence-corrected chi connectivity index (χ0v) is 18.0. The standard InChI is InChI=1S/C25H27NO5/c1-4-30-21-12-8-11-19(13-21)16-26-25(27)20-14-22(28-2)24(23(15-20)29-3)31-17-18-9-6-5-7-10-18/h5-15H,4,16-17H2,1-3H3,(H,26,27). The summed E-state index contributed by atoms with van der Waals surface area (Å²) >= 11 is 0. The average molecular weight is 421 g/mol. The molecule has 0 unspecified atom stereocenters. The van der Waals surface area contributed by atoms with Gasteiger partial charge in [0.2, 0.25) is 5.75 Å². The van der Waals surface area contributed by atoms with Crippen LogP contribution in [0.2, 0.25) is 0 Å². The molecular weight excluding hydrogens is 394 g/mol. The number of methoxy groups -OCH3 is 2. The lowest BCUT2D eigenvalue weighted by atomic mass is 10.1. The van der Waals surface area contributed by atoms with E-state index in [0.29, 0.717) is 42.6 Å². The molecule has 3 aromatic carbocycles. The van der Waals surface area contributed by atoms with E-state index in [1.807, 2.05) is 61.5 Å². The van der Waals surface area contributed by atoms with Gasteiger partial charge in [-0.15, -0.1) is 0 Å². The van der Waals surface area contributed by atoms with Crippen molar-refractivity contribution < 1.29 is 23.7 Å². The molecule has 0 heterocycles. The van der Waals surface area contributed by atoms with Crippen molar-refractivity contribution in [3.63, 3.8) is 0 Å². The van der Waals surface area contributed by atoms with Crippen LogP contribution < -0.4 is 24.3 Å². The van der Waals surface area contributed by atoms with Crippen molar-refractivity contribution in [1.82, 2.24) is 5.32 Å². The van der Waals surface area contributed by atoms with Gasteiger partial charge in [0.05, 0.1) is 20.8 Å². The van der Waals surface area contributed by atoms with Crippen LogP contribution in [0.15, 0.2) is 66.7 Å². The molecule has 1 amide bonds. The first-order valence-electron chi connectivity index (χ1n) is 10.1. The minimum absolute atomic E-state index is 0.243. The Bertz CT molecular complexity index is 979. The maximum Gasteiger partial charge on any atom is 0.251 e. The molecule has 1 N–H and O–H groups in total. The zero-order chi connectivity index (χ0) is 22.1. The molecule has 6 heteroatoms. The van der Waals surface area contributed by atoms with Gasteiger partial charge < -0.3 is 24.3 Å². The van der Waals surface area contributed by atoms with Crippen molar-refractivity contribution in [3.8, 4) is 23.0 Å². The Morgan fingerprint density at radius 2 is 1.52 bits per heavy atom. The molecular formula is C25H27NO5. The van der Waals surface area contributed by atoms with Crippen LogP contribution >= 0.6 is 0 Å². The minimum Gasteiger partial charge on any atom is -0.494 e. The molecule has 31 heavy (non-hydrogen) atoms. The molecule has 0 atom stereocenters. The molecule has 0 bridgehead atoms. The van der Waals surface area contributed by atoms with Crippen molar-refractivity contribution in [2.45, 2.75) is 20.1 Å². The molecule has 0 aliphatic carbocycles. The maximum absolute atomic E-state index is 12.8. The Kier molecular flexibility index (Phi) is 7.76. The summed E-state index contributed by atoms with van der Waals surface area (Å²) in [4.78, 5) is 12.8. The monoisotopic (exact) mass is 421 g/mol. The van der Waals surface area contributed by atoms with Crippen LogP contribution in [-0.4, -0.2) is 26.7 Å². The highest BCUT2D eigenvalue weighted by molar-refractivity contribution is 5.95. The predicted molar refractivity (Wildman–Crippen MR) is 119 cm³/mol. The van der Waals surface area contributed by atoms with Crippen molar-refractivity contribution in [3.05, 3.63) is 83.4 Å². The third-order valence-electron chi connectivity index (χ3n) is 4.61. The second kappa shape index (κ2) is 10.9. The van der Waals surface area contributed by atoms with E-state index >= 15 is 0 Å². The van der Waals surface area contributed by atoms with Crippen LogP contribution in [0.4, 0.5) is 0 Å². The molecule has 162 valence electrons. The number of hydrogen-bond donors (Lipinski definition) is 1. The molecule has 0 saturated heterocycles. The van der Waals surface area contributed by atoms with Crippen molar-refractivity contribution >= 4 is 5.91 Å². The lowest BCUT2D eigenvalue weighted by Gasteiger charge is -2.16. The van der Waals surface area contributed by atoms with E-state index < -0.39 is 0 Å². The highest BCUT2D eigenvalue weighted by Gasteiger charge is 2.18. The molecule has 3 aromatic rings. The number of amides is 1. The number of benzene rings is 3. The average Bonchev–Trinajstić information content (AvgIpc) is 2.81. The molecule has 6 nitrogen and oxygen atoms in total. The summed E-state index contributed by atoms with van der Waals surface area (Å²) in [5, 5.41) is 2.92. The van der Waals surface area contributed by atoms with Crippen molar-refractivity contribution in [1.29, 1.82) is 0 Å². The molecule has 0 spiro atoms. The number of carbonyl (C=O) groups excluding carboxylic acids is 1. The second-order valence-electron chi connectivity index (χ2n) is 6.75. The minimum atomic E-state index is -0.243. The van der Waals surface area contributed by atoms with E-state index in [1.165, 1.54) is 14.2 Å². The molecule has 0 aromatic heterocycles. The second-order valence-corrected chi connectivity index (χ2v) is 6.75. The van der Waals surface area contributed by atoms with Crippen molar-refractivity contribution in [2.24, 2.45) is 0 Å². The van der Waals surface area contributed by atoms with Gasteiger partial charge in [0.15, 0.2) is 11.5 Å². The summed E-state index contributed by atoms with van der Waals surface area (Å²) in [5.41, 5.74) is 2.38. The number of rotatable bonds is 10. The lowest BCUT2D eigenvalue weighted by Crippen LogP contribution is -2.23. The summed E-state index contributed by atoms with van der Waals surface area (Å²) in [6.45, 7) is 3.25. The third-order valence-corrected chi connectivity index (χ3v) is 4.61. The smallest absolute Gasteiger partial charge is 0.251 e. The highest BCUT2D eigenvalue weighted by atomic mass is 16.5. The van der Waals surface area contributed by atoms with Gasteiger partial charge in [-0.2, -0.15) is 0 Å². The summed E-state index contributed by atoms with van der Waals surface area (Å²) in [6.07, 6.45) is 0. The number of hydrogen-bond acceptors (Lipinski definition) is 5. The maximum atomic E-state index is 12.8. The predicted octanol–water partition coefficient (Wildman–Crippen LogP) is 4.61. The zero-order valence-electron chi connectivity index (χ0n) is 18.0. The Labute approximate surface area is 182 Å². The van der Waals surface area contributed by atoms with E-state index in [0.717, 1.165) is 16.9 Å². The number of ether oxygens (including phenoxy) is 4. The van der Waals surface area contributed by atoms with Gasteiger partial charge in [0.25, 0.3) is 5.91 Å². The summed E-state index contributed by atoms with van der Waals surface area (Å²) in [7, 11) is 3.07. The van der Waals surface area contributed by atoms with Crippen molar-refractivity contribution in [2.75, 3.05) is 20.8 Å². The molecule has 0 radical (unpaired) electrons. The highest BCUT2D eigenvalue weighted by Crippen LogP contribution is 2.39. The summed E-state index contributed by atoms with van der Waals surface area (Å²) < 4.78 is 22.4. The van der Waals surface area contributed by atoms with Gasteiger partial charge in [-0.05, 0) is 42.3 Å². The molecule has 0 aliphatic rings. The molecule has 0 fully saturated rings. The van der Waals surface area contributed by atoms with Gasteiger partial charge in [0.1, 0.15) is 12.4 Å². The molecule has 0 aliphatic heterocycles. The van der Waals surface area contributed by atoms with Gasteiger partial charge >= 0.3 is 0 Å². The van der Waals surface area contributed by atoms with Crippen LogP contribution in [0.3, 0.4) is 0 Å². The summed E-state index contributed by atoms with van der Waals surface area (Å²) in [5.74, 6) is 1.85. The van der Waals surface area contributed by atoms with Gasteiger partial charge in [0, 0.05) is 12.1 Å². The first kappa shape index (κ1) is 22.0.